The fourth-order valence-corrected chi connectivity index (χ4v) is 2.94. The minimum Gasteiger partial charge on any atom is -0.326 e. The molecule has 0 unspecified atom stereocenters. The monoisotopic (exact) mass is 294 g/mol. The zero-order valence-electron chi connectivity index (χ0n) is 11.1. The molecular formula is C12H14N4O3S. The molecule has 0 bridgehead atoms. The fraction of sp³-hybridized carbons (Fsp3) is 0.250. The Balaban J connectivity index is 2.38. The number of carbonyl (C=O) groups excluding carboxylic acids is 1. The lowest BCUT2D eigenvalue weighted by Crippen LogP contribution is -2.15. The number of anilines is 1. The summed E-state index contributed by atoms with van der Waals surface area (Å²) in [4.78, 5) is 15.1. The molecule has 0 aliphatic rings. The molecule has 1 N–H and O–H groups in total. The van der Waals surface area contributed by atoms with Crippen LogP contribution in [0.1, 0.15) is 18.9 Å². The van der Waals surface area contributed by atoms with Gasteiger partial charge in [0.2, 0.25) is 5.91 Å². The van der Waals surface area contributed by atoms with E-state index in [1.807, 2.05) is 0 Å². The second-order valence-corrected chi connectivity index (χ2v) is 5.92. The second-order valence-electron chi connectivity index (χ2n) is 4.16. The van der Waals surface area contributed by atoms with Crippen LogP contribution in [0.3, 0.4) is 0 Å². The number of carbonyl (C=O) groups is 1. The molecule has 0 fully saturated rings. The average Bonchev–Trinajstić information content (AvgIpc) is 2.92. The molecule has 0 radical (unpaired) electrons. The van der Waals surface area contributed by atoms with E-state index in [4.69, 9.17) is 0 Å². The summed E-state index contributed by atoms with van der Waals surface area (Å²) < 4.78 is 25.4. The number of rotatable bonds is 4. The number of hydrogen-bond donors (Lipinski definition) is 1. The largest absolute Gasteiger partial charge is 0.326 e. The van der Waals surface area contributed by atoms with Gasteiger partial charge in [-0.05, 0) is 30.7 Å². The Morgan fingerprint density at radius 3 is 2.70 bits per heavy atom. The number of hydrogen-bond acceptors (Lipinski definition) is 5. The van der Waals surface area contributed by atoms with Crippen LogP contribution in [0.5, 0.6) is 0 Å². The third kappa shape index (κ3) is 2.69. The van der Waals surface area contributed by atoms with Crippen LogP contribution in [-0.2, 0) is 14.8 Å². The van der Waals surface area contributed by atoms with Crippen molar-refractivity contribution >= 4 is 21.6 Å². The van der Waals surface area contributed by atoms with Crippen LogP contribution >= 0.6 is 0 Å². The molecule has 2 aromatic rings. The van der Waals surface area contributed by atoms with Crippen molar-refractivity contribution in [2.75, 3.05) is 5.32 Å². The molecule has 0 saturated heterocycles. The maximum atomic E-state index is 12.3. The van der Waals surface area contributed by atoms with E-state index in [-0.39, 0.29) is 10.8 Å². The van der Waals surface area contributed by atoms with Crippen molar-refractivity contribution in [3.8, 4) is 0 Å². The van der Waals surface area contributed by atoms with Gasteiger partial charge in [0.25, 0.3) is 10.0 Å². The number of amides is 1. The van der Waals surface area contributed by atoms with Crippen LogP contribution in [0.25, 0.3) is 0 Å². The quantitative estimate of drug-likeness (QED) is 0.913. The Morgan fingerprint density at radius 2 is 2.15 bits per heavy atom. The Kier molecular flexibility index (Phi) is 3.84. The van der Waals surface area contributed by atoms with Gasteiger partial charge in [0.15, 0.2) is 0 Å². The van der Waals surface area contributed by atoms with Gasteiger partial charge >= 0.3 is 0 Å². The van der Waals surface area contributed by atoms with Crippen molar-refractivity contribution < 1.29 is 13.2 Å². The molecule has 2 rings (SSSR count). The number of aryl methyl sites for hydroxylation is 1. The average molecular weight is 294 g/mol. The number of aromatic nitrogens is 3. The number of benzene rings is 1. The highest BCUT2D eigenvalue weighted by Gasteiger charge is 2.20. The Bertz CT molecular complexity index is 723. The summed E-state index contributed by atoms with van der Waals surface area (Å²) in [5, 5.41) is 6.31. The normalized spacial score (nSPS) is 11.3. The Labute approximate surface area is 116 Å². The second kappa shape index (κ2) is 5.41. The smallest absolute Gasteiger partial charge is 0.284 e. The molecule has 0 atom stereocenters. The zero-order chi connectivity index (χ0) is 14.8. The molecule has 1 aromatic carbocycles. The lowest BCUT2D eigenvalue weighted by atomic mass is 10.2. The minimum absolute atomic E-state index is 0.123. The van der Waals surface area contributed by atoms with Crippen molar-refractivity contribution in [3.63, 3.8) is 0 Å². The van der Waals surface area contributed by atoms with E-state index in [0.29, 0.717) is 17.7 Å². The van der Waals surface area contributed by atoms with Crippen LogP contribution in [0.15, 0.2) is 35.7 Å². The standard InChI is InChI=1S/C12H14N4O3S/c1-3-12(17)15-10-4-5-11(9(2)6-10)20(18,19)16-8-13-7-14-16/h4-8H,3H2,1-2H3,(H,15,17). The molecule has 7 nitrogen and oxygen atoms in total. The first kappa shape index (κ1) is 14.2. The van der Waals surface area contributed by atoms with Crippen LogP contribution in [-0.4, -0.2) is 28.5 Å². The molecule has 0 aliphatic carbocycles. The van der Waals surface area contributed by atoms with Gasteiger partial charge in [-0.3, -0.25) is 4.79 Å². The number of nitrogens with zero attached hydrogens (tertiary/aromatic N) is 3. The summed E-state index contributed by atoms with van der Waals surface area (Å²) in [6, 6.07) is 4.60. The van der Waals surface area contributed by atoms with Gasteiger partial charge in [-0.1, -0.05) is 6.92 Å². The van der Waals surface area contributed by atoms with Crippen LogP contribution in [0, 0.1) is 6.92 Å². The lowest BCUT2D eigenvalue weighted by molar-refractivity contribution is -0.115. The first-order valence-electron chi connectivity index (χ1n) is 5.96. The third-order valence-corrected chi connectivity index (χ3v) is 4.40. The molecular weight excluding hydrogens is 280 g/mol. The molecule has 0 aliphatic heterocycles. The van der Waals surface area contributed by atoms with Gasteiger partial charge in [-0.2, -0.15) is 8.42 Å². The van der Waals surface area contributed by atoms with E-state index in [2.05, 4.69) is 15.4 Å². The fourth-order valence-electron chi connectivity index (χ4n) is 1.69. The van der Waals surface area contributed by atoms with Gasteiger partial charge < -0.3 is 5.32 Å². The van der Waals surface area contributed by atoms with Crippen LogP contribution < -0.4 is 5.32 Å². The summed E-state index contributed by atoms with van der Waals surface area (Å²) in [7, 11) is -3.75. The van der Waals surface area contributed by atoms with Gasteiger partial charge in [0.05, 0.1) is 4.90 Å². The van der Waals surface area contributed by atoms with Crippen molar-refractivity contribution in [3.05, 3.63) is 36.4 Å². The summed E-state index contributed by atoms with van der Waals surface area (Å²) in [5.74, 6) is -0.128. The molecule has 106 valence electrons. The van der Waals surface area contributed by atoms with Crippen LogP contribution in [0.2, 0.25) is 0 Å². The summed E-state index contributed by atoms with van der Waals surface area (Å²) in [5.41, 5.74) is 1.08. The van der Waals surface area contributed by atoms with E-state index in [1.165, 1.54) is 6.07 Å². The summed E-state index contributed by atoms with van der Waals surface area (Å²) >= 11 is 0. The van der Waals surface area contributed by atoms with E-state index < -0.39 is 10.0 Å². The third-order valence-electron chi connectivity index (χ3n) is 2.70. The first-order valence-corrected chi connectivity index (χ1v) is 7.40. The number of nitrogens with one attached hydrogen (secondary N) is 1. The summed E-state index contributed by atoms with van der Waals surface area (Å²) in [6.45, 7) is 3.40. The van der Waals surface area contributed by atoms with Gasteiger partial charge in [0, 0.05) is 12.1 Å². The van der Waals surface area contributed by atoms with E-state index >= 15 is 0 Å². The Hall–Kier alpha value is -2.22. The predicted octanol–water partition coefficient (Wildman–Crippen LogP) is 1.17. The Morgan fingerprint density at radius 1 is 1.40 bits per heavy atom. The van der Waals surface area contributed by atoms with Crippen molar-refractivity contribution in [2.45, 2.75) is 25.2 Å². The zero-order valence-corrected chi connectivity index (χ0v) is 11.9. The first-order chi connectivity index (χ1) is 9.45. The topological polar surface area (TPSA) is 94.0 Å². The van der Waals surface area contributed by atoms with Crippen molar-refractivity contribution in [2.24, 2.45) is 0 Å². The van der Waals surface area contributed by atoms with Crippen LogP contribution in [0.4, 0.5) is 5.69 Å². The maximum Gasteiger partial charge on any atom is 0.284 e. The highest BCUT2D eigenvalue weighted by atomic mass is 32.2. The molecule has 20 heavy (non-hydrogen) atoms. The van der Waals surface area contributed by atoms with E-state index in [1.54, 1.807) is 26.0 Å². The van der Waals surface area contributed by atoms with Gasteiger partial charge in [-0.15, -0.1) is 9.19 Å². The summed E-state index contributed by atoms with van der Waals surface area (Å²) in [6.07, 6.45) is 2.64. The predicted molar refractivity (Wildman–Crippen MR) is 72.7 cm³/mol. The molecule has 0 saturated carbocycles. The van der Waals surface area contributed by atoms with E-state index in [9.17, 15) is 13.2 Å². The van der Waals surface area contributed by atoms with E-state index in [0.717, 1.165) is 16.7 Å². The van der Waals surface area contributed by atoms with Crippen molar-refractivity contribution in [1.82, 2.24) is 14.2 Å². The molecule has 1 amide bonds. The highest BCUT2D eigenvalue weighted by Crippen LogP contribution is 2.21. The SMILES string of the molecule is CCC(=O)Nc1ccc(S(=O)(=O)n2cncn2)c(C)c1. The maximum absolute atomic E-state index is 12.3. The van der Waals surface area contributed by atoms with Crippen molar-refractivity contribution in [1.29, 1.82) is 0 Å². The minimum atomic E-state index is -3.75. The highest BCUT2D eigenvalue weighted by molar-refractivity contribution is 7.89. The lowest BCUT2D eigenvalue weighted by Gasteiger charge is -2.09. The molecule has 8 heteroatoms. The molecule has 1 heterocycles. The van der Waals surface area contributed by atoms with Gasteiger partial charge in [0.1, 0.15) is 12.7 Å². The molecule has 1 aromatic heterocycles. The molecule has 0 spiro atoms. The van der Waals surface area contributed by atoms with Gasteiger partial charge in [-0.25, -0.2) is 4.98 Å².